The van der Waals surface area contributed by atoms with E-state index in [2.05, 4.69) is 45.5 Å². The standard InChI is InChI=1S/C9H15BrN2S/c1-6(4-10)8(3)12-9-11-7(2)5-13-9/h5-6,8H,4H2,1-3H3,(H,11,12). The molecule has 1 aromatic heterocycles. The lowest BCUT2D eigenvalue weighted by Crippen LogP contribution is -2.24. The minimum Gasteiger partial charge on any atom is -0.359 e. The molecule has 0 aliphatic heterocycles. The lowest BCUT2D eigenvalue weighted by Gasteiger charge is -2.18. The lowest BCUT2D eigenvalue weighted by atomic mass is 10.1. The molecule has 0 saturated carbocycles. The molecule has 1 aromatic rings. The summed E-state index contributed by atoms with van der Waals surface area (Å²) < 4.78 is 0. The summed E-state index contributed by atoms with van der Waals surface area (Å²) in [5, 5.41) is 7.50. The minimum atomic E-state index is 0.463. The van der Waals surface area contributed by atoms with Crippen molar-refractivity contribution in [2.24, 2.45) is 5.92 Å². The van der Waals surface area contributed by atoms with Crippen LogP contribution in [0.4, 0.5) is 5.13 Å². The highest BCUT2D eigenvalue weighted by molar-refractivity contribution is 9.09. The zero-order valence-electron chi connectivity index (χ0n) is 8.17. The van der Waals surface area contributed by atoms with Crippen molar-refractivity contribution in [3.63, 3.8) is 0 Å². The first kappa shape index (κ1) is 11.0. The number of rotatable bonds is 4. The molecular formula is C9H15BrN2S. The fourth-order valence-electron chi connectivity index (χ4n) is 0.891. The van der Waals surface area contributed by atoms with Crippen LogP contribution in [0.2, 0.25) is 0 Å². The largest absolute Gasteiger partial charge is 0.359 e. The van der Waals surface area contributed by atoms with E-state index in [1.165, 1.54) is 0 Å². The van der Waals surface area contributed by atoms with Crippen molar-refractivity contribution in [1.29, 1.82) is 0 Å². The highest BCUT2D eigenvalue weighted by atomic mass is 79.9. The second-order valence-corrected chi connectivity index (χ2v) is 4.86. The molecule has 1 heterocycles. The predicted octanol–water partition coefficient (Wildman–Crippen LogP) is 3.28. The molecule has 0 bridgehead atoms. The average Bonchev–Trinajstić information content (AvgIpc) is 2.49. The van der Waals surface area contributed by atoms with Gasteiger partial charge in [-0.2, -0.15) is 0 Å². The number of halogens is 1. The van der Waals surface area contributed by atoms with Crippen LogP contribution in [0.1, 0.15) is 19.5 Å². The zero-order valence-corrected chi connectivity index (χ0v) is 10.6. The van der Waals surface area contributed by atoms with Gasteiger partial charge in [-0.3, -0.25) is 0 Å². The van der Waals surface area contributed by atoms with Crippen LogP contribution in [0.5, 0.6) is 0 Å². The SMILES string of the molecule is Cc1csc(NC(C)C(C)CBr)n1. The molecule has 1 rings (SSSR count). The molecule has 1 N–H and O–H groups in total. The van der Waals surface area contributed by atoms with Crippen molar-refractivity contribution in [2.45, 2.75) is 26.8 Å². The Hall–Kier alpha value is -0.0900. The summed E-state index contributed by atoms with van der Waals surface area (Å²) in [6.07, 6.45) is 0. The van der Waals surface area contributed by atoms with Crippen molar-refractivity contribution in [3.05, 3.63) is 11.1 Å². The fourth-order valence-corrected chi connectivity index (χ4v) is 2.24. The van der Waals surface area contributed by atoms with E-state index in [1.54, 1.807) is 11.3 Å². The van der Waals surface area contributed by atoms with E-state index in [1.807, 2.05) is 6.92 Å². The van der Waals surface area contributed by atoms with Gasteiger partial charge in [-0.15, -0.1) is 11.3 Å². The Balaban J connectivity index is 2.49. The Labute approximate surface area is 91.9 Å². The topological polar surface area (TPSA) is 24.9 Å². The third-order valence-corrected chi connectivity index (χ3v) is 3.98. The summed E-state index contributed by atoms with van der Waals surface area (Å²) in [7, 11) is 0. The van der Waals surface area contributed by atoms with Crippen LogP contribution in [-0.4, -0.2) is 16.4 Å². The van der Waals surface area contributed by atoms with Crippen LogP contribution >= 0.6 is 27.3 Å². The average molecular weight is 263 g/mol. The monoisotopic (exact) mass is 262 g/mol. The second kappa shape index (κ2) is 4.96. The van der Waals surface area contributed by atoms with E-state index in [0.29, 0.717) is 12.0 Å². The van der Waals surface area contributed by atoms with Gasteiger partial charge < -0.3 is 5.32 Å². The van der Waals surface area contributed by atoms with Crippen LogP contribution < -0.4 is 5.32 Å². The zero-order chi connectivity index (χ0) is 9.84. The predicted molar refractivity (Wildman–Crippen MR) is 62.9 cm³/mol. The third kappa shape index (κ3) is 3.27. The summed E-state index contributed by atoms with van der Waals surface area (Å²) in [6, 6.07) is 0.463. The molecule has 0 fully saturated rings. The molecule has 4 heteroatoms. The number of aromatic nitrogens is 1. The molecule has 0 radical (unpaired) electrons. The molecule has 0 saturated heterocycles. The number of hydrogen-bond donors (Lipinski definition) is 1. The first-order valence-electron chi connectivity index (χ1n) is 4.38. The van der Waals surface area contributed by atoms with E-state index >= 15 is 0 Å². The van der Waals surface area contributed by atoms with Crippen molar-refractivity contribution in [2.75, 3.05) is 10.6 Å². The molecular weight excluding hydrogens is 248 g/mol. The molecule has 13 heavy (non-hydrogen) atoms. The van der Waals surface area contributed by atoms with Gasteiger partial charge in [0.25, 0.3) is 0 Å². The third-order valence-electron chi connectivity index (χ3n) is 2.07. The number of hydrogen-bond acceptors (Lipinski definition) is 3. The Morgan fingerprint density at radius 1 is 1.62 bits per heavy atom. The number of aryl methyl sites for hydroxylation is 1. The summed E-state index contributed by atoms with van der Waals surface area (Å²) in [4.78, 5) is 4.36. The van der Waals surface area contributed by atoms with Gasteiger partial charge in [-0.05, 0) is 19.8 Å². The molecule has 0 amide bonds. The second-order valence-electron chi connectivity index (χ2n) is 3.36. The number of anilines is 1. The molecule has 0 aromatic carbocycles. The number of nitrogens with one attached hydrogen (secondary N) is 1. The van der Waals surface area contributed by atoms with Gasteiger partial charge >= 0.3 is 0 Å². The van der Waals surface area contributed by atoms with Gasteiger partial charge in [0.1, 0.15) is 0 Å². The smallest absolute Gasteiger partial charge is 0.183 e. The van der Waals surface area contributed by atoms with Crippen LogP contribution in [0, 0.1) is 12.8 Å². The summed E-state index contributed by atoms with van der Waals surface area (Å²) in [5.41, 5.74) is 1.09. The van der Waals surface area contributed by atoms with E-state index in [4.69, 9.17) is 0 Å². The van der Waals surface area contributed by atoms with Gasteiger partial charge in [0.15, 0.2) is 5.13 Å². The van der Waals surface area contributed by atoms with Gasteiger partial charge in [-0.25, -0.2) is 4.98 Å². The van der Waals surface area contributed by atoms with E-state index in [-0.39, 0.29) is 0 Å². The van der Waals surface area contributed by atoms with Crippen molar-refractivity contribution < 1.29 is 0 Å². The lowest BCUT2D eigenvalue weighted by molar-refractivity contribution is 0.572. The summed E-state index contributed by atoms with van der Waals surface area (Å²) >= 11 is 5.15. The number of alkyl halides is 1. The van der Waals surface area contributed by atoms with Crippen molar-refractivity contribution in [3.8, 4) is 0 Å². The van der Waals surface area contributed by atoms with Gasteiger partial charge in [-0.1, -0.05) is 22.9 Å². The number of nitrogens with zero attached hydrogens (tertiary/aromatic N) is 1. The van der Waals surface area contributed by atoms with E-state index in [0.717, 1.165) is 16.2 Å². The Morgan fingerprint density at radius 2 is 2.31 bits per heavy atom. The van der Waals surface area contributed by atoms with Gasteiger partial charge in [0.05, 0.1) is 5.69 Å². The molecule has 0 aliphatic rings. The maximum Gasteiger partial charge on any atom is 0.183 e. The maximum atomic E-state index is 4.36. The van der Waals surface area contributed by atoms with Crippen LogP contribution in [0.25, 0.3) is 0 Å². The number of thiazole rings is 1. The van der Waals surface area contributed by atoms with Crippen molar-refractivity contribution >= 4 is 32.4 Å². The van der Waals surface area contributed by atoms with Crippen LogP contribution in [-0.2, 0) is 0 Å². The molecule has 0 aliphatic carbocycles. The summed E-state index contributed by atoms with van der Waals surface area (Å²) in [6.45, 7) is 6.41. The normalized spacial score (nSPS) is 15.4. The molecule has 2 nitrogen and oxygen atoms in total. The van der Waals surface area contributed by atoms with Crippen LogP contribution in [0.3, 0.4) is 0 Å². The quantitative estimate of drug-likeness (QED) is 0.843. The van der Waals surface area contributed by atoms with Crippen molar-refractivity contribution in [1.82, 2.24) is 4.98 Å². The summed E-state index contributed by atoms with van der Waals surface area (Å²) in [5.74, 6) is 0.615. The Morgan fingerprint density at radius 3 is 2.77 bits per heavy atom. The molecule has 2 unspecified atom stereocenters. The van der Waals surface area contributed by atoms with Gasteiger partial charge in [0.2, 0.25) is 0 Å². The van der Waals surface area contributed by atoms with Crippen LogP contribution in [0.15, 0.2) is 5.38 Å². The minimum absolute atomic E-state index is 0.463. The van der Waals surface area contributed by atoms with E-state index in [9.17, 15) is 0 Å². The highest BCUT2D eigenvalue weighted by Gasteiger charge is 2.11. The Bertz CT molecular complexity index is 262. The first-order valence-corrected chi connectivity index (χ1v) is 6.38. The first-order chi connectivity index (χ1) is 6.13. The fraction of sp³-hybridized carbons (Fsp3) is 0.667. The Kier molecular flexibility index (Phi) is 4.19. The van der Waals surface area contributed by atoms with Gasteiger partial charge in [0, 0.05) is 16.8 Å². The highest BCUT2D eigenvalue weighted by Crippen LogP contribution is 2.18. The van der Waals surface area contributed by atoms with E-state index < -0.39 is 0 Å². The molecule has 2 atom stereocenters. The molecule has 0 spiro atoms. The molecule has 74 valence electrons. The maximum absolute atomic E-state index is 4.36.